The molecular formula is C8H12N4O3. The van der Waals surface area contributed by atoms with Crippen LogP contribution in [0, 0.1) is 17.0 Å². The fourth-order valence-corrected chi connectivity index (χ4v) is 1.08. The zero-order chi connectivity index (χ0) is 11.6. The molecule has 7 heteroatoms. The number of anilines is 1. The van der Waals surface area contributed by atoms with E-state index in [1.54, 1.807) is 13.8 Å². The smallest absolute Gasteiger partial charge is 0.352 e. The number of nitrogen functional groups attached to an aromatic ring is 1. The number of aryl methyl sites for hydroxylation is 1. The molecule has 0 aliphatic carbocycles. The zero-order valence-corrected chi connectivity index (χ0v) is 8.72. The summed E-state index contributed by atoms with van der Waals surface area (Å²) in [6.07, 6.45) is -0.211. The highest BCUT2D eigenvalue weighted by Gasteiger charge is 2.23. The van der Waals surface area contributed by atoms with Gasteiger partial charge in [0.1, 0.15) is 5.69 Å². The lowest BCUT2D eigenvalue weighted by molar-refractivity contribution is -0.387. The van der Waals surface area contributed by atoms with E-state index >= 15 is 0 Å². The summed E-state index contributed by atoms with van der Waals surface area (Å²) in [5.41, 5.74) is 5.34. The largest absolute Gasteiger partial charge is 0.470 e. The predicted molar refractivity (Wildman–Crippen MR) is 53.6 cm³/mol. The van der Waals surface area contributed by atoms with Gasteiger partial charge in [0.15, 0.2) is 0 Å². The van der Waals surface area contributed by atoms with Gasteiger partial charge < -0.3 is 10.5 Å². The van der Waals surface area contributed by atoms with E-state index in [1.165, 1.54) is 6.92 Å². The van der Waals surface area contributed by atoms with Crippen LogP contribution in [0.25, 0.3) is 0 Å². The summed E-state index contributed by atoms with van der Waals surface area (Å²) in [4.78, 5) is 17.6. The Kier molecular flexibility index (Phi) is 3.03. The van der Waals surface area contributed by atoms with Crippen molar-refractivity contribution < 1.29 is 9.66 Å². The van der Waals surface area contributed by atoms with Crippen LogP contribution in [0.2, 0.25) is 0 Å². The van der Waals surface area contributed by atoms with Crippen molar-refractivity contribution in [2.75, 3.05) is 5.73 Å². The van der Waals surface area contributed by atoms with E-state index in [1.807, 2.05) is 0 Å². The van der Waals surface area contributed by atoms with E-state index in [9.17, 15) is 10.1 Å². The Labute approximate surface area is 86.4 Å². The standard InChI is InChI=1S/C8H12N4O3/c1-4(2)15-7-6(12(13)14)5(3)10-8(9)11-7/h4H,1-3H3,(H2,9,10,11). The second kappa shape index (κ2) is 4.07. The number of aromatic nitrogens is 2. The van der Waals surface area contributed by atoms with Crippen LogP contribution in [0.3, 0.4) is 0 Å². The molecule has 1 aromatic heterocycles. The fraction of sp³-hybridized carbons (Fsp3) is 0.500. The first-order valence-corrected chi connectivity index (χ1v) is 4.37. The number of nitrogens with zero attached hydrogens (tertiary/aromatic N) is 3. The first-order chi connectivity index (χ1) is 6.91. The average molecular weight is 212 g/mol. The van der Waals surface area contributed by atoms with E-state index in [2.05, 4.69) is 9.97 Å². The van der Waals surface area contributed by atoms with Crippen LogP contribution < -0.4 is 10.5 Å². The van der Waals surface area contributed by atoms with Crippen molar-refractivity contribution in [3.8, 4) is 5.88 Å². The second-order valence-corrected chi connectivity index (χ2v) is 3.24. The SMILES string of the molecule is Cc1nc(N)nc(OC(C)C)c1[N+](=O)[O-]. The molecule has 0 aliphatic rings. The lowest BCUT2D eigenvalue weighted by Gasteiger charge is -2.09. The first-order valence-electron chi connectivity index (χ1n) is 4.37. The van der Waals surface area contributed by atoms with Gasteiger partial charge in [0.2, 0.25) is 5.95 Å². The predicted octanol–water partition coefficient (Wildman–Crippen LogP) is 1.06. The Bertz CT molecular complexity index is 392. The lowest BCUT2D eigenvalue weighted by atomic mass is 10.3. The van der Waals surface area contributed by atoms with Gasteiger partial charge in [-0.2, -0.15) is 4.98 Å². The van der Waals surface area contributed by atoms with Crippen molar-refractivity contribution in [1.29, 1.82) is 0 Å². The Morgan fingerprint density at radius 2 is 2.07 bits per heavy atom. The van der Waals surface area contributed by atoms with Crippen molar-refractivity contribution in [1.82, 2.24) is 9.97 Å². The third kappa shape index (κ3) is 2.52. The molecular weight excluding hydrogens is 200 g/mol. The molecule has 0 radical (unpaired) electrons. The van der Waals surface area contributed by atoms with E-state index in [0.717, 1.165) is 0 Å². The highest BCUT2D eigenvalue weighted by Crippen LogP contribution is 2.28. The minimum absolute atomic E-state index is 0.0336. The Balaban J connectivity index is 3.27. The summed E-state index contributed by atoms with van der Waals surface area (Å²) in [6.45, 7) is 4.98. The normalized spacial score (nSPS) is 10.4. The molecule has 1 heterocycles. The molecule has 0 atom stereocenters. The van der Waals surface area contributed by atoms with Crippen LogP contribution in [-0.2, 0) is 0 Å². The lowest BCUT2D eigenvalue weighted by Crippen LogP contribution is -2.12. The highest BCUT2D eigenvalue weighted by atomic mass is 16.6. The summed E-state index contributed by atoms with van der Waals surface area (Å²) >= 11 is 0. The molecule has 0 spiro atoms. The number of hydrogen-bond donors (Lipinski definition) is 1. The van der Waals surface area contributed by atoms with Crippen molar-refractivity contribution in [3.05, 3.63) is 15.8 Å². The summed E-state index contributed by atoms with van der Waals surface area (Å²) in [5.74, 6) is -0.117. The molecule has 2 N–H and O–H groups in total. The van der Waals surface area contributed by atoms with Gasteiger partial charge in [-0.05, 0) is 20.8 Å². The van der Waals surface area contributed by atoms with Gasteiger partial charge in [0, 0.05) is 0 Å². The molecule has 1 rings (SSSR count). The average Bonchev–Trinajstić information content (AvgIpc) is 1.99. The number of rotatable bonds is 3. The van der Waals surface area contributed by atoms with Gasteiger partial charge in [0.05, 0.1) is 11.0 Å². The van der Waals surface area contributed by atoms with Crippen molar-refractivity contribution >= 4 is 11.6 Å². The molecule has 0 aromatic carbocycles. The molecule has 82 valence electrons. The van der Waals surface area contributed by atoms with Gasteiger partial charge in [-0.3, -0.25) is 10.1 Å². The van der Waals surface area contributed by atoms with E-state index < -0.39 is 4.92 Å². The quantitative estimate of drug-likeness (QED) is 0.593. The fourth-order valence-electron chi connectivity index (χ4n) is 1.08. The van der Waals surface area contributed by atoms with Gasteiger partial charge in [0.25, 0.3) is 5.88 Å². The second-order valence-electron chi connectivity index (χ2n) is 3.24. The maximum Gasteiger partial charge on any atom is 0.352 e. The summed E-state index contributed by atoms with van der Waals surface area (Å²) in [7, 11) is 0. The first kappa shape index (κ1) is 11.2. The number of ether oxygens (including phenoxy) is 1. The Morgan fingerprint density at radius 3 is 2.53 bits per heavy atom. The topological polar surface area (TPSA) is 104 Å². The third-order valence-electron chi connectivity index (χ3n) is 1.57. The Morgan fingerprint density at radius 1 is 1.47 bits per heavy atom. The Hall–Kier alpha value is -1.92. The molecule has 0 saturated carbocycles. The molecule has 0 unspecified atom stereocenters. The van der Waals surface area contributed by atoms with Gasteiger partial charge in [-0.15, -0.1) is 0 Å². The van der Waals surface area contributed by atoms with Crippen LogP contribution in [-0.4, -0.2) is 21.0 Å². The third-order valence-corrected chi connectivity index (χ3v) is 1.57. The maximum atomic E-state index is 10.7. The van der Waals surface area contributed by atoms with Crippen LogP contribution in [0.1, 0.15) is 19.5 Å². The summed E-state index contributed by atoms with van der Waals surface area (Å²) < 4.78 is 5.20. The molecule has 15 heavy (non-hydrogen) atoms. The molecule has 1 aromatic rings. The van der Waals surface area contributed by atoms with Crippen LogP contribution in [0.5, 0.6) is 5.88 Å². The molecule has 7 nitrogen and oxygen atoms in total. The van der Waals surface area contributed by atoms with E-state index in [4.69, 9.17) is 10.5 Å². The molecule has 0 aliphatic heterocycles. The highest BCUT2D eigenvalue weighted by molar-refractivity contribution is 5.47. The minimum Gasteiger partial charge on any atom is -0.470 e. The van der Waals surface area contributed by atoms with E-state index in [-0.39, 0.29) is 29.3 Å². The summed E-state index contributed by atoms with van der Waals surface area (Å²) in [5, 5.41) is 10.7. The van der Waals surface area contributed by atoms with Crippen molar-refractivity contribution in [2.24, 2.45) is 0 Å². The molecule has 0 amide bonds. The minimum atomic E-state index is -0.577. The number of nitro groups is 1. The molecule has 0 fully saturated rings. The van der Waals surface area contributed by atoms with Gasteiger partial charge in [-0.25, -0.2) is 4.98 Å². The van der Waals surface area contributed by atoms with Crippen LogP contribution in [0.15, 0.2) is 0 Å². The zero-order valence-electron chi connectivity index (χ0n) is 8.72. The van der Waals surface area contributed by atoms with Crippen LogP contribution >= 0.6 is 0 Å². The molecule has 0 bridgehead atoms. The maximum absolute atomic E-state index is 10.7. The van der Waals surface area contributed by atoms with E-state index in [0.29, 0.717) is 0 Å². The van der Waals surface area contributed by atoms with Crippen molar-refractivity contribution in [2.45, 2.75) is 26.9 Å². The van der Waals surface area contributed by atoms with Gasteiger partial charge in [-0.1, -0.05) is 0 Å². The summed E-state index contributed by atoms with van der Waals surface area (Å²) in [6, 6.07) is 0. The van der Waals surface area contributed by atoms with Crippen LogP contribution in [0.4, 0.5) is 11.6 Å². The number of hydrogen-bond acceptors (Lipinski definition) is 6. The van der Waals surface area contributed by atoms with Gasteiger partial charge >= 0.3 is 5.69 Å². The van der Waals surface area contributed by atoms with Crippen molar-refractivity contribution in [3.63, 3.8) is 0 Å². The monoisotopic (exact) mass is 212 g/mol. The number of nitrogens with two attached hydrogens (primary N) is 1. The molecule has 0 saturated heterocycles.